The van der Waals surface area contributed by atoms with E-state index in [1.807, 2.05) is 19.1 Å². The van der Waals surface area contributed by atoms with E-state index in [9.17, 15) is 14.9 Å². The van der Waals surface area contributed by atoms with E-state index in [0.29, 0.717) is 17.6 Å². The average molecular weight is 605 g/mol. The van der Waals surface area contributed by atoms with Gasteiger partial charge < -0.3 is 9.15 Å². The molecule has 0 spiro atoms. The van der Waals surface area contributed by atoms with Crippen LogP contribution in [0.4, 0.5) is 5.69 Å². The zero-order valence-electron chi connectivity index (χ0n) is 14.4. The Hall–Kier alpha value is -2.22. The highest BCUT2D eigenvalue weighted by Gasteiger charge is 2.14. The highest BCUT2D eigenvalue weighted by Crippen LogP contribution is 2.28. The topological polar surface area (TPSA) is 107 Å². The number of carbonyl (C=O) groups is 1. The van der Waals surface area contributed by atoms with Gasteiger partial charge in [-0.05, 0) is 81.9 Å². The molecule has 1 aromatic heterocycles. The number of hydrogen-bond donors (Lipinski definition) is 1. The third kappa shape index (κ3) is 4.60. The van der Waals surface area contributed by atoms with Gasteiger partial charge in [0, 0.05) is 17.5 Å². The summed E-state index contributed by atoms with van der Waals surface area (Å²) < 4.78 is 12.9. The number of hydrogen-bond acceptors (Lipinski definition) is 6. The predicted molar refractivity (Wildman–Crippen MR) is 121 cm³/mol. The molecule has 0 radical (unpaired) electrons. The largest absolute Gasteiger partial charge is 0.492 e. The number of carbonyl (C=O) groups excluding carboxylic acids is 1. The summed E-state index contributed by atoms with van der Waals surface area (Å²) in [5.74, 6) is 0.287. The molecule has 0 atom stereocenters. The predicted octanol–water partition coefficient (Wildman–Crippen LogP) is 4.71. The highest BCUT2D eigenvalue weighted by molar-refractivity contribution is 14.1. The summed E-state index contributed by atoms with van der Waals surface area (Å²) in [6, 6.07) is 9.35. The minimum absolute atomic E-state index is 0.0171. The maximum absolute atomic E-state index is 12.2. The van der Waals surface area contributed by atoms with Crippen LogP contribution in [-0.2, 0) is 0 Å². The third-order valence-corrected chi connectivity index (χ3v) is 5.23. The van der Waals surface area contributed by atoms with Crippen molar-refractivity contribution in [2.75, 3.05) is 6.61 Å². The summed E-state index contributed by atoms with van der Waals surface area (Å²) in [5, 5.41) is 15.3. The normalized spacial score (nSPS) is 11.1. The maximum atomic E-state index is 12.2. The van der Waals surface area contributed by atoms with Crippen molar-refractivity contribution in [3.05, 3.63) is 65.0 Å². The van der Waals surface area contributed by atoms with Gasteiger partial charge in [-0.15, -0.1) is 0 Å². The smallest absolute Gasteiger partial charge is 0.307 e. The van der Waals surface area contributed by atoms with E-state index in [0.717, 1.165) is 18.5 Å². The molecule has 8 nitrogen and oxygen atoms in total. The number of rotatable bonds is 6. The number of nitrogens with zero attached hydrogens (tertiary/aromatic N) is 2. The lowest BCUT2D eigenvalue weighted by molar-refractivity contribution is -0.384. The molecule has 1 N–H and O–H groups in total. The number of ether oxygens (including phenoxy) is 1. The first-order valence-corrected chi connectivity index (χ1v) is 10.2. The molecule has 28 heavy (non-hydrogen) atoms. The molecule has 3 rings (SSSR count). The fourth-order valence-corrected chi connectivity index (χ4v) is 4.54. The molecule has 0 aliphatic carbocycles. The van der Waals surface area contributed by atoms with Crippen molar-refractivity contribution >= 4 is 74.0 Å². The van der Waals surface area contributed by atoms with E-state index in [1.54, 1.807) is 0 Å². The van der Waals surface area contributed by atoms with Crippen LogP contribution in [0.1, 0.15) is 23.0 Å². The SMILES string of the molecule is CCOc1c(I)cc(/C=N\NC(=O)c2cc3cc([N+](=O)[O-])ccc3o2)cc1I. The Kier molecular flexibility index (Phi) is 6.49. The number of benzene rings is 2. The molecule has 0 fully saturated rings. The van der Waals surface area contributed by atoms with E-state index in [-0.39, 0.29) is 11.4 Å². The van der Waals surface area contributed by atoms with Gasteiger partial charge in [0.05, 0.1) is 24.9 Å². The second-order valence-corrected chi connectivity index (χ2v) is 7.86. The third-order valence-electron chi connectivity index (χ3n) is 3.62. The number of amides is 1. The lowest BCUT2D eigenvalue weighted by atomic mass is 10.2. The number of hydrazone groups is 1. The molecule has 144 valence electrons. The molecule has 0 saturated heterocycles. The van der Waals surface area contributed by atoms with E-state index < -0.39 is 10.8 Å². The van der Waals surface area contributed by atoms with Crippen LogP contribution in [0.25, 0.3) is 11.0 Å². The van der Waals surface area contributed by atoms with Gasteiger partial charge in [0.25, 0.3) is 5.69 Å². The highest BCUT2D eigenvalue weighted by atomic mass is 127. The number of nitrogens with one attached hydrogen (secondary N) is 1. The first-order valence-electron chi connectivity index (χ1n) is 8.02. The van der Waals surface area contributed by atoms with Crippen molar-refractivity contribution in [1.29, 1.82) is 0 Å². The van der Waals surface area contributed by atoms with Gasteiger partial charge in [0.2, 0.25) is 0 Å². The molecular weight excluding hydrogens is 592 g/mol. The van der Waals surface area contributed by atoms with Crippen LogP contribution < -0.4 is 10.2 Å². The molecule has 3 aromatic rings. The Balaban J connectivity index is 1.73. The summed E-state index contributed by atoms with van der Waals surface area (Å²) in [7, 11) is 0. The zero-order valence-corrected chi connectivity index (χ0v) is 18.8. The van der Waals surface area contributed by atoms with E-state index in [1.165, 1.54) is 30.5 Å². The van der Waals surface area contributed by atoms with Crippen LogP contribution in [-0.4, -0.2) is 23.7 Å². The van der Waals surface area contributed by atoms with Crippen LogP contribution in [0, 0.1) is 17.3 Å². The Morgan fingerprint density at radius 2 is 2.00 bits per heavy atom. The monoisotopic (exact) mass is 605 g/mol. The fraction of sp³-hybridized carbons (Fsp3) is 0.111. The lowest BCUT2D eigenvalue weighted by Crippen LogP contribution is -2.16. The molecular formula is C18H13I2N3O5. The number of nitro benzene ring substituents is 1. The molecule has 1 heterocycles. The van der Waals surface area contributed by atoms with Crippen molar-refractivity contribution < 1.29 is 18.9 Å². The van der Waals surface area contributed by atoms with Crippen molar-refractivity contribution in [2.45, 2.75) is 6.92 Å². The van der Waals surface area contributed by atoms with Gasteiger partial charge in [-0.3, -0.25) is 14.9 Å². The molecule has 2 aromatic carbocycles. The van der Waals surface area contributed by atoms with Gasteiger partial charge in [-0.1, -0.05) is 0 Å². The second kappa shape index (κ2) is 8.86. The fourth-order valence-electron chi connectivity index (χ4n) is 2.41. The Morgan fingerprint density at radius 3 is 2.64 bits per heavy atom. The second-order valence-electron chi connectivity index (χ2n) is 5.54. The van der Waals surface area contributed by atoms with Gasteiger partial charge in [-0.2, -0.15) is 5.10 Å². The quantitative estimate of drug-likeness (QED) is 0.190. The van der Waals surface area contributed by atoms with E-state index in [4.69, 9.17) is 9.15 Å². The van der Waals surface area contributed by atoms with Crippen molar-refractivity contribution in [2.24, 2.45) is 5.10 Å². The van der Waals surface area contributed by atoms with Crippen LogP contribution >= 0.6 is 45.2 Å². The van der Waals surface area contributed by atoms with E-state index >= 15 is 0 Å². The molecule has 0 unspecified atom stereocenters. The minimum Gasteiger partial charge on any atom is -0.492 e. The molecule has 0 saturated carbocycles. The number of nitro groups is 1. The standard InChI is InChI=1S/C18H13I2N3O5/c1-2-27-17-13(19)5-10(6-14(17)20)9-21-22-18(24)16-8-11-7-12(23(25)26)3-4-15(11)28-16/h3-9H,2H2,1H3,(H,22,24)/b21-9-. The Morgan fingerprint density at radius 1 is 1.29 bits per heavy atom. The van der Waals surface area contributed by atoms with Gasteiger partial charge >= 0.3 is 5.91 Å². The van der Waals surface area contributed by atoms with Crippen LogP contribution in [0.5, 0.6) is 5.75 Å². The van der Waals surface area contributed by atoms with Crippen LogP contribution in [0.2, 0.25) is 0 Å². The van der Waals surface area contributed by atoms with E-state index in [2.05, 4.69) is 55.7 Å². The maximum Gasteiger partial charge on any atom is 0.307 e. The number of non-ortho nitro benzene ring substituents is 1. The van der Waals surface area contributed by atoms with Crippen molar-refractivity contribution in [3.63, 3.8) is 0 Å². The van der Waals surface area contributed by atoms with Crippen molar-refractivity contribution in [3.8, 4) is 5.75 Å². The summed E-state index contributed by atoms with van der Waals surface area (Å²) in [4.78, 5) is 22.6. The number of halogens is 2. The molecule has 0 aliphatic heterocycles. The van der Waals surface area contributed by atoms with Gasteiger partial charge in [0.15, 0.2) is 5.76 Å². The number of fused-ring (bicyclic) bond motifs is 1. The van der Waals surface area contributed by atoms with Crippen LogP contribution in [0.3, 0.4) is 0 Å². The Bertz CT molecular complexity index is 1070. The summed E-state index contributed by atoms with van der Waals surface area (Å²) in [6.07, 6.45) is 1.52. The molecule has 0 bridgehead atoms. The van der Waals surface area contributed by atoms with Gasteiger partial charge in [-0.25, -0.2) is 5.43 Å². The molecule has 1 amide bonds. The zero-order chi connectivity index (χ0) is 20.3. The summed E-state index contributed by atoms with van der Waals surface area (Å²) in [6.45, 7) is 2.50. The summed E-state index contributed by atoms with van der Waals surface area (Å²) >= 11 is 4.37. The lowest BCUT2D eigenvalue weighted by Gasteiger charge is -2.09. The first kappa shape index (κ1) is 20.5. The average Bonchev–Trinajstić information content (AvgIpc) is 3.08. The molecule has 0 aliphatic rings. The first-order chi connectivity index (χ1) is 13.4. The molecule has 10 heteroatoms. The number of furan rings is 1. The minimum atomic E-state index is -0.551. The summed E-state index contributed by atoms with van der Waals surface area (Å²) in [5.41, 5.74) is 3.51. The van der Waals surface area contributed by atoms with Crippen molar-refractivity contribution in [1.82, 2.24) is 5.43 Å². The van der Waals surface area contributed by atoms with Gasteiger partial charge in [0.1, 0.15) is 11.3 Å². The Labute approximate surface area is 186 Å². The van der Waals surface area contributed by atoms with Crippen LogP contribution in [0.15, 0.2) is 45.9 Å².